The van der Waals surface area contributed by atoms with Crippen LogP contribution in [-0.2, 0) is 9.53 Å². The van der Waals surface area contributed by atoms with Crippen LogP contribution in [0.5, 0.6) is 11.5 Å². The molecule has 28 heavy (non-hydrogen) atoms. The molecule has 2 rings (SSSR count). The van der Waals surface area contributed by atoms with E-state index >= 15 is 0 Å². The monoisotopic (exact) mass is 405 g/mol. The van der Waals surface area contributed by atoms with Gasteiger partial charge in [-0.05, 0) is 50.2 Å². The lowest BCUT2D eigenvalue weighted by molar-refractivity contribution is -0.118. The number of halogens is 1. The molecule has 0 saturated carbocycles. The largest absolute Gasteiger partial charge is 0.490 e. The van der Waals surface area contributed by atoms with Crippen LogP contribution in [0.2, 0.25) is 5.02 Å². The fraction of sp³-hybridized carbons (Fsp3) is 0.250. The molecule has 0 saturated heterocycles. The summed E-state index contributed by atoms with van der Waals surface area (Å²) in [5.41, 5.74) is 0.973. The van der Waals surface area contributed by atoms with Gasteiger partial charge in [-0.3, -0.25) is 9.59 Å². The Morgan fingerprint density at radius 1 is 1.04 bits per heavy atom. The first kappa shape index (κ1) is 21.2. The van der Waals surface area contributed by atoms with Gasteiger partial charge in [-0.2, -0.15) is 0 Å². The minimum atomic E-state index is -0.573. The molecule has 1 N–H and O–H groups in total. The van der Waals surface area contributed by atoms with E-state index < -0.39 is 11.9 Å². The summed E-state index contributed by atoms with van der Waals surface area (Å²) in [6.45, 7) is 3.79. The molecule has 0 fully saturated rings. The molecule has 7 nitrogen and oxygen atoms in total. The smallest absolute Gasteiger partial charge is 0.339 e. The summed E-state index contributed by atoms with van der Waals surface area (Å²) in [5.74, 6) is -0.308. The molecule has 2 aromatic carbocycles. The van der Waals surface area contributed by atoms with Crippen molar-refractivity contribution < 1.29 is 28.6 Å². The summed E-state index contributed by atoms with van der Waals surface area (Å²) < 4.78 is 15.8. The van der Waals surface area contributed by atoms with Gasteiger partial charge in [0, 0.05) is 11.3 Å². The molecule has 2 aromatic rings. The highest BCUT2D eigenvalue weighted by atomic mass is 35.5. The van der Waals surface area contributed by atoms with Crippen molar-refractivity contribution in [2.45, 2.75) is 13.8 Å². The number of carbonyl (C=O) groups is 3. The third kappa shape index (κ3) is 5.72. The maximum atomic E-state index is 12.2. The van der Waals surface area contributed by atoms with Crippen molar-refractivity contribution in [3.63, 3.8) is 0 Å². The number of esters is 1. The zero-order valence-electron chi connectivity index (χ0n) is 15.5. The van der Waals surface area contributed by atoms with Crippen molar-refractivity contribution >= 4 is 35.5 Å². The van der Waals surface area contributed by atoms with E-state index in [9.17, 15) is 14.4 Å². The van der Waals surface area contributed by atoms with Crippen molar-refractivity contribution in [2.75, 3.05) is 25.1 Å². The molecule has 0 atom stereocenters. The van der Waals surface area contributed by atoms with Crippen molar-refractivity contribution in [1.82, 2.24) is 0 Å². The van der Waals surface area contributed by atoms with Crippen LogP contribution in [-0.4, -0.2) is 38.0 Å². The van der Waals surface area contributed by atoms with E-state index in [-0.39, 0.29) is 23.8 Å². The Kier molecular flexibility index (Phi) is 7.83. The van der Waals surface area contributed by atoms with E-state index in [1.807, 2.05) is 0 Å². The Balaban J connectivity index is 2.04. The van der Waals surface area contributed by atoms with E-state index in [2.05, 4.69) is 5.32 Å². The van der Waals surface area contributed by atoms with E-state index in [4.69, 9.17) is 25.8 Å². The van der Waals surface area contributed by atoms with Crippen LogP contribution in [0.4, 0.5) is 5.69 Å². The number of carbonyl (C=O) groups excluding carboxylic acids is 3. The van der Waals surface area contributed by atoms with Gasteiger partial charge in [0.05, 0.1) is 23.8 Å². The zero-order valence-corrected chi connectivity index (χ0v) is 16.2. The molecule has 0 aliphatic heterocycles. The topological polar surface area (TPSA) is 90.9 Å². The molecule has 8 heteroatoms. The van der Waals surface area contributed by atoms with Gasteiger partial charge in [0.25, 0.3) is 5.91 Å². The van der Waals surface area contributed by atoms with Crippen LogP contribution in [0.25, 0.3) is 0 Å². The molecule has 148 valence electrons. The van der Waals surface area contributed by atoms with Crippen LogP contribution >= 0.6 is 11.6 Å². The Morgan fingerprint density at radius 3 is 2.50 bits per heavy atom. The van der Waals surface area contributed by atoms with E-state index in [0.717, 1.165) is 0 Å². The van der Waals surface area contributed by atoms with Crippen LogP contribution in [0.1, 0.15) is 34.6 Å². The van der Waals surface area contributed by atoms with Gasteiger partial charge >= 0.3 is 5.97 Å². The maximum Gasteiger partial charge on any atom is 0.339 e. The molecule has 0 aliphatic rings. The number of benzene rings is 2. The number of ether oxygens (including phenoxy) is 3. The van der Waals surface area contributed by atoms with Gasteiger partial charge in [-0.25, -0.2) is 4.79 Å². The van der Waals surface area contributed by atoms with Gasteiger partial charge in [0.1, 0.15) is 6.29 Å². The van der Waals surface area contributed by atoms with Crippen molar-refractivity contribution in [3.05, 3.63) is 52.5 Å². The molecular weight excluding hydrogens is 386 g/mol. The summed E-state index contributed by atoms with van der Waals surface area (Å²) in [4.78, 5) is 35.0. The Hall–Kier alpha value is -3.06. The molecule has 0 bridgehead atoms. The minimum Gasteiger partial charge on any atom is -0.490 e. The second kappa shape index (κ2) is 10.3. The number of hydrogen-bond acceptors (Lipinski definition) is 6. The predicted molar refractivity (Wildman–Crippen MR) is 105 cm³/mol. The average molecular weight is 406 g/mol. The minimum absolute atomic E-state index is 0.158. The van der Waals surface area contributed by atoms with Crippen LogP contribution < -0.4 is 14.8 Å². The Morgan fingerprint density at radius 2 is 1.82 bits per heavy atom. The lowest BCUT2D eigenvalue weighted by atomic mass is 10.2. The predicted octanol–water partition coefficient (Wildman–Crippen LogP) is 3.75. The normalized spacial score (nSPS) is 10.1. The van der Waals surface area contributed by atoms with Crippen molar-refractivity contribution in [1.29, 1.82) is 0 Å². The summed E-state index contributed by atoms with van der Waals surface area (Å²) in [6, 6.07) is 9.15. The number of aldehydes is 1. The van der Waals surface area contributed by atoms with Crippen molar-refractivity contribution in [2.24, 2.45) is 0 Å². The molecule has 0 spiro atoms. The third-order valence-corrected chi connectivity index (χ3v) is 3.84. The highest BCUT2D eigenvalue weighted by molar-refractivity contribution is 6.33. The first-order valence-electron chi connectivity index (χ1n) is 8.59. The fourth-order valence-corrected chi connectivity index (χ4v) is 2.49. The first-order valence-corrected chi connectivity index (χ1v) is 8.97. The molecule has 0 heterocycles. The SMILES string of the molecule is CCOC(=O)c1cc(NC(=O)COc2ccc(C=O)cc2OCC)ccc1Cl. The lowest BCUT2D eigenvalue weighted by Gasteiger charge is -2.13. The second-order valence-electron chi connectivity index (χ2n) is 5.51. The summed E-state index contributed by atoms with van der Waals surface area (Å²) in [5, 5.41) is 2.85. The van der Waals surface area contributed by atoms with E-state index in [0.29, 0.717) is 35.6 Å². The maximum absolute atomic E-state index is 12.2. The third-order valence-electron chi connectivity index (χ3n) is 3.51. The van der Waals surface area contributed by atoms with Gasteiger partial charge in [-0.15, -0.1) is 0 Å². The van der Waals surface area contributed by atoms with Gasteiger partial charge < -0.3 is 19.5 Å². The fourth-order valence-electron chi connectivity index (χ4n) is 2.29. The van der Waals surface area contributed by atoms with Crippen LogP contribution in [0.3, 0.4) is 0 Å². The van der Waals surface area contributed by atoms with E-state index in [1.165, 1.54) is 18.2 Å². The quantitative estimate of drug-likeness (QED) is 0.504. The number of nitrogens with one attached hydrogen (secondary N) is 1. The number of anilines is 1. The summed E-state index contributed by atoms with van der Waals surface area (Å²) in [7, 11) is 0. The molecular formula is C20H20ClNO6. The highest BCUT2D eigenvalue weighted by Crippen LogP contribution is 2.28. The molecule has 1 amide bonds. The molecule has 0 aliphatic carbocycles. The number of hydrogen-bond donors (Lipinski definition) is 1. The zero-order chi connectivity index (χ0) is 20.5. The van der Waals surface area contributed by atoms with Gasteiger partial charge in [-0.1, -0.05) is 11.6 Å². The molecule has 0 aromatic heterocycles. The number of amides is 1. The van der Waals surface area contributed by atoms with E-state index in [1.54, 1.807) is 32.0 Å². The van der Waals surface area contributed by atoms with Crippen LogP contribution in [0, 0.1) is 0 Å². The van der Waals surface area contributed by atoms with Gasteiger partial charge in [0.15, 0.2) is 18.1 Å². The average Bonchev–Trinajstić information content (AvgIpc) is 2.68. The lowest BCUT2D eigenvalue weighted by Crippen LogP contribution is -2.20. The summed E-state index contributed by atoms with van der Waals surface area (Å²) >= 11 is 6.00. The van der Waals surface area contributed by atoms with Crippen LogP contribution in [0.15, 0.2) is 36.4 Å². The Bertz CT molecular complexity index is 868. The Labute approximate surface area is 167 Å². The molecule has 0 unspecified atom stereocenters. The first-order chi connectivity index (χ1) is 13.5. The van der Waals surface area contributed by atoms with Crippen molar-refractivity contribution in [3.8, 4) is 11.5 Å². The second-order valence-corrected chi connectivity index (χ2v) is 5.92. The van der Waals surface area contributed by atoms with Gasteiger partial charge in [0.2, 0.25) is 0 Å². The highest BCUT2D eigenvalue weighted by Gasteiger charge is 2.14. The standard InChI is InChI=1S/C20H20ClNO6/c1-3-26-18-9-13(11-23)5-8-17(18)28-12-19(24)22-14-6-7-16(21)15(10-14)20(25)27-4-2/h5-11H,3-4,12H2,1-2H3,(H,22,24). The number of rotatable bonds is 9. The summed E-state index contributed by atoms with van der Waals surface area (Å²) in [6.07, 6.45) is 0.695. The molecule has 0 radical (unpaired) electrons.